The summed E-state index contributed by atoms with van der Waals surface area (Å²) in [5.41, 5.74) is 1.31. The maximum atomic E-state index is 12.8. The summed E-state index contributed by atoms with van der Waals surface area (Å²) < 4.78 is 6.26. The van der Waals surface area contributed by atoms with Crippen LogP contribution in [0.15, 0.2) is 36.5 Å². The number of amides is 1. The molecule has 0 saturated heterocycles. The van der Waals surface area contributed by atoms with Crippen LogP contribution >= 0.6 is 11.6 Å². The van der Waals surface area contributed by atoms with E-state index in [9.17, 15) is 4.79 Å². The number of benzene rings is 1. The summed E-state index contributed by atoms with van der Waals surface area (Å²) in [6.07, 6.45) is 1.62. The number of nitrogens with one attached hydrogen (secondary N) is 1. The Morgan fingerprint density at radius 2 is 1.87 bits per heavy atom. The van der Waals surface area contributed by atoms with Crippen molar-refractivity contribution in [2.45, 2.75) is 59.6 Å². The Bertz CT molecular complexity index is 975. The number of halogens is 1. The molecule has 0 aliphatic heterocycles. The number of hydrogen-bond donors (Lipinski definition) is 1. The quantitative estimate of drug-likeness (QED) is 0.701. The Morgan fingerprint density at radius 1 is 1.20 bits per heavy atom. The van der Waals surface area contributed by atoms with Gasteiger partial charge in [-0.3, -0.25) is 9.78 Å². The van der Waals surface area contributed by atoms with E-state index in [1.807, 2.05) is 12.1 Å². The minimum atomic E-state index is -0.308. The van der Waals surface area contributed by atoms with Gasteiger partial charge in [0.25, 0.3) is 5.91 Å². The van der Waals surface area contributed by atoms with E-state index in [2.05, 4.69) is 51.8 Å². The predicted octanol–water partition coefficient (Wildman–Crippen LogP) is 5.34. The summed E-state index contributed by atoms with van der Waals surface area (Å²) in [7, 11) is 0. The average molecular weight is 426 g/mol. The first-order valence-electron chi connectivity index (χ1n) is 10.1. The Balaban J connectivity index is 1.74. The number of rotatable bonds is 5. The van der Waals surface area contributed by atoms with Gasteiger partial charge < -0.3 is 10.1 Å². The van der Waals surface area contributed by atoms with E-state index < -0.39 is 0 Å². The van der Waals surface area contributed by atoms with E-state index in [0.717, 1.165) is 5.56 Å². The molecule has 3 rings (SSSR count). The van der Waals surface area contributed by atoms with Crippen LogP contribution in [0.3, 0.4) is 0 Å². The van der Waals surface area contributed by atoms with Crippen molar-refractivity contribution in [3.8, 4) is 11.8 Å². The standard InChI is InChI=1S/C24H28ClN3O2/c1-14(2)16-8-10-19(27-13-16)20(29)28-21-23(3,4)22(24(21,5)6)30-17-9-7-15(12-26)18(25)11-17/h7-11,13-14,21-22H,1-6H3,(H,28,29)/t21-,22-. The molecule has 5 nitrogen and oxygen atoms in total. The van der Waals surface area contributed by atoms with Gasteiger partial charge in [0.05, 0.1) is 10.6 Å². The second kappa shape index (κ2) is 7.92. The van der Waals surface area contributed by atoms with Gasteiger partial charge in [0, 0.05) is 29.1 Å². The van der Waals surface area contributed by atoms with Crippen molar-refractivity contribution in [3.05, 3.63) is 58.4 Å². The molecule has 0 spiro atoms. The van der Waals surface area contributed by atoms with E-state index in [0.29, 0.717) is 27.9 Å². The molecule has 0 radical (unpaired) electrons. The minimum Gasteiger partial charge on any atom is -0.489 e. The van der Waals surface area contributed by atoms with Crippen LogP contribution in [0.25, 0.3) is 0 Å². The van der Waals surface area contributed by atoms with Gasteiger partial charge in [-0.1, -0.05) is 59.2 Å². The fourth-order valence-corrected chi connectivity index (χ4v) is 4.89. The molecule has 158 valence electrons. The summed E-state index contributed by atoms with van der Waals surface area (Å²) in [4.78, 5) is 17.2. The molecule has 0 unspecified atom stereocenters. The van der Waals surface area contributed by atoms with E-state index in [4.69, 9.17) is 21.6 Å². The van der Waals surface area contributed by atoms with Crippen LogP contribution < -0.4 is 10.1 Å². The Kier molecular flexibility index (Phi) is 5.84. The highest BCUT2D eigenvalue weighted by atomic mass is 35.5. The van der Waals surface area contributed by atoms with Crippen LogP contribution in [-0.4, -0.2) is 23.0 Å². The van der Waals surface area contributed by atoms with Crippen molar-refractivity contribution in [1.29, 1.82) is 5.26 Å². The molecule has 1 fully saturated rings. The third kappa shape index (κ3) is 3.89. The molecule has 30 heavy (non-hydrogen) atoms. The molecular formula is C24H28ClN3O2. The SMILES string of the molecule is CC(C)c1ccc(C(=O)N[C@H]2C(C)(C)[C@H](Oc3ccc(C#N)c(Cl)c3)C2(C)C)nc1. The van der Waals surface area contributed by atoms with E-state index >= 15 is 0 Å². The smallest absolute Gasteiger partial charge is 0.270 e. The number of hydrogen-bond acceptors (Lipinski definition) is 4. The highest BCUT2D eigenvalue weighted by Gasteiger charge is 2.64. The number of ether oxygens (including phenoxy) is 1. The highest BCUT2D eigenvalue weighted by Crippen LogP contribution is 2.55. The number of carbonyl (C=O) groups is 1. The first-order valence-corrected chi connectivity index (χ1v) is 10.5. The molecule has 1 aromatic heterocycles. The lowest BCUT2D eigenvalue weighted by Crippen LogP contribution is -2.74. The van der Waals surface area contributed by atoms with Crippen LogP contribution in [0.4, 0.5) is 0 Å². The fourth-order valence-electron chi connectivity index (χ4n) is 4.68. The summed E-state index contributed by atoms with van der Waals surface area (Å²) in [5, 5.41) is 12.6. The van der Waals surface area contributed by atoms with Gasteiger partial charge in [0.2, 0.25) is 0 Å². The van der Waals surface area contributed by atoms with Gasteiger partial charge in [-0.2, -0.15) is 5.26 Å². The molecule has 6 heteroatoms. The second-order valence-corrected chi connectivity index (χ2v) is 9.84. The maximum Gasteiger partial charge on any atom is 0.270 e. The van der Waals surface area contributed by atoms with Crippen molar-refractivity contribution in [2.24, 2.45) is 10.8 Å². The first kappa shape index (κ1) is 22.1. The normalized spacial score (nSPS) is 21.4. The van der Waals surface area contributed by atoms with E-state index in [-0.39, 0.29) is 28.9 Å². The topological polar surface area (TPSA) is 75.0 Å². The number of nitrogens with zero attached hydrogens (tertiary/aromatic N) is 2. The van der Waals surface area contributed by atoms with E-state index in [1.54, 1.807) is 30.5 Å². The molecule has 2 aromatic rings. The van der Waals surface area contributed by atoms with Crippen molar-refractivity contribution in [2.75, 3.05) is 0 Å². The second-order valence-electron chi connectivity index (χ2n) is 9.43. The predicted molar refractivity (Wildman–Crippen MR) is 118 cm³/mol. The lowest BCUT2D eigenvalue weighted by Gasteiger charge is -2.63. The van der Waals surface area contributed by atoms with Crippen molar-refractivity contribution in [1.82, 2.24) is 10.3 Å². The Labute approximate surface area is 183 Å². The average Bonchev–Trinajstić information content (AvgIpc) is 2.69. The van der Waals surface area contributed by atoms with Crippen LogP contribution in [0.5, 0.6) is 5.75 Å². The minimum absolute atomic E-state index is 0.0945. The molecule has 1 amide bonds. The zero-order chi connectivity index (χ0) is 22.3. The number of carbonyl (C=O) groups excluding carboxylic acids is 1. The largest absolute Gasteiger partial charge is 0.489 e. The third-order valence-corrected chi connectivity index (χ3v) is 6.43. The lowest BCUT2D eigenvalue weighted by molar-refractivity contribution is -0.164. The maximum absolute atomic E-state index is 12.8. The summed E-state index contributed by atoms with van der Waals surface area (Å²) in [6.45, 7) is 12.5. The number of nitriles is 1. The zero-order valence-corrected chi connectivity index (χ0v) is 19.0. The Morgan fingerprint density at radius 3 is 2.37 bits per heavy atom. The lowest BCUT2D eigenvalue weighted by atomic mass is 9.49. The fraction of sp³-hybridized carbons (Fsp3) is 0.458. The van der Waals surface area contributed by atoms with E-state index in [1.165, 1.54) is 0 Å². The third-order valence-electron chi connectivity index (χ3n) is 6.12. The molecule has 1 aliphatic carbocycles. The van der Waals surface area contributed by atoms with Gasteiger partial charge >= 0.3 is 0 Å². The molecule has 1 N–H and O–H groups in total. The Hall–Kier alpha value is -2.58. The van der Waals surface area contributed by atoms with Crippen molar-refractivity contribution in [3.63, 3.8) is 0 Å². The van der Waals surface area contributed by atoms with Crippen LogP contribution in [0, 0.1) is 22.2 Å². The molecule has 1 heterocycles. The zero-order valence-electron chi connectivity index (χ0n) is 18.3. The molecular weight excluding hydrogens is 398 g/mol. The molecule has 1 aliphatic rings. The van der Waals surface area contributed by atoms with Crippen LogP contribution in [-0.2, 0) is 0 Å². The summed E-state index contributed by atoms with van der Waals surface area (Å²) >= 11 is 6.15. The molecule has 1 aromatic carbocycles. The van der Waals surface area contributed by atoms with Gasteiger partial charge in [0.15, 0.2) is 0 Å². The van der Waals surface area contributed by atoms with Crippen molar-refractivity contribution >= 4 is 17.5 Å². The summed E-state index contributed by atoms with van der Waals surface area (Å²) in [6, 6.07) is 10.7. The van der Waals surface area contributed by atoms with Gasteiger partial charge in [-0.25, -0.2) is 0 Å². The molecule has 0 atom stereocenters. The number of pyridine rings is 1. The van der Waals surface area contributed by atoms with Crippen LogP contribution in [0.1, 0.15) is 69.1 Å². The molecule has 1 saturated carbocycles. The van der Waals surface area contributed by atoms with Crippen LogP contribution in [0.2, 0.25) is 5.02 Å². The number of aromatic nitrogens is 1. The summed E-state index contributed by atoms with van der Waals surface area (Å²) in [5.74, 6) is 0.796. The van der Waals surface area contributed by atoms with Gasteiger partial charge in [-0.15, -0.1) is 0 Å². The highest BCUT2D eigenvalue weighted by molar-refractivity contribution is 6.31. The monoisotopic (exact) mass is 425 g/mol. The molecule has 0 bridgehead atoms. The van der Waals surface area contributed by atoms with Gasteiger partial charge in [-0.05, 0) is 29.7 Å². The first-order chi connectivity index (χ1) is 14.0. The van der Waals surface area contributed by atoms with Crippen molar-refractivity contribution < 1.29 is 9.53 Å². The van der Waals surface area contributed by atoms with Gasteiger partial charge in [0.1, 0.15) is 23.6 Å².